The predicted octanol–water partition coefficient (Wildman–Crippen LogP) is 2.42. The zero-order valence-corrected chi connectivity index (χ0v) is 14.7. The van der Waals surface area contributed by atoms with Crippen LogP contribution in [0.15, 0.2) is 4.52 Å². The van der Waals surface area contributed by atoms with Crippen LogP contribution in [0.25, 0.3) is 0 Å². The fraction of sp³-hybridized carbons (Fsp3) is 0.833. The van der Waals surface area contributed by atoms with Crippen LogP contribution in [-0.2, 0) is 19.8 Å². The van der Waals surface area contributed by atoms with E-state index in [1.54, 1.807) is 0 Å². The summed E-state index contributed by atoms with van der Waals surface area (Å²) < 4.78 is 16.5. The third-order valence-corrected chi connectivity index (χ3v) is 5.69. The van der Waals surface area contributed by atoms with Crippen LogP contribution in [0.4, 0.5) is 0 Å². The molecule has 0 bridgehead atoms. The van der Waals surface area contributed by atoms with Crippen LogP contribution < -0.4 is 5.32 Å². The average Bonchev–Trinajstić information content (AvgIpc) is 3.36. The Hall–Kier alpha value is -1.47. The van der Waals surface area contributed by atoms with E-state index in [1.807, 2.05) is 0 Å². The van der Waals surface area contributed by atoms with E-state index < -0.39 is 5.54 Å². The largest absolute Gasteiger partial charge is 0.381 e. The van der Waals surface area contributed by atoms with Gasteiger partial charge in [0.15, 0.2) is 5.82 Å². The summed E-state index contributed by atoms with van der Waals surface area (Å²) in [6, 6.07) is 0. The van der Waals surface area contributed by atoms with E-state index in [2.05, 4.69) is 10.5 Å². The van der Waals surface area contributed by atoms with Crippen LogP contribution in [0, 0.1) is 0 Å². The first-order chi connectivity index (χ1) is 12.3. The van der Waals surface area contributed by atoms with Gasteiger partial charge in [-0.15, -0.1) is 0 Å². The zero-order chi connectivity index (χ0) is 17.1. The molecule has 7 nitrogen and oxygen atoms in total. The van der Waals surface area contributed by atoms with Crippen LogP contribution >= 0.6 is 0 Å². The number of carbonyl (C=O) groups is 1. The van der Waals surface area contributed by atoms with Gasteiger partial charge in [-0.1, -0.05) is 30.8 Å². The molecular formula is C18H27N3O4. The molecule has 1 aliphatic carbocycles. The number of nitrogens with zero attached hydrogens (tertiary/aromatic N) is 2. The van der Waals surface area contributed by atoms with Crippen LogP contribution in [0.1, 0.15) is 75.4 Å². The first-order valence-corrected chi connectivity index (χ1v) is 9.62. The highest BCUT2D eigenvalue weighted by Crippen LogP contribution is 2.36. The van der Waals surface area contributed by atoms with Crippen molar-refractivity contribution in [3.63, 3.8) is 0 Å². The van der Waals surface area contributed by atoms with E-state index in [-0.39, 0.29) is 17.9 Å². The second-order valence-corrected chi connectivity index (χ2v) is 7.50. The normalized spacial score (nSPS) is 29.4. The summed E-state index contributed by atoms with van der Waals surface area (Å²) >= 11 is 0. The van der Waals surface area contributed by atoms with E-state index in [1.165, 1.54) is 12.8 Å². The molecule has 0 spiro atoms. The Morgan fingerprint density at radius 1 is 1.08 bits per heavy atom. The molecule has 2 atom stereocenters. The fourth-order valence-corrected chi connectivity index (χ4v) is 4.16. The van der Waals surface area contributed by atoms with Gasteiger partial charge in [-0.05, 0) is 32.1 Å². The molecule has 3 fully saturated rings. The van der Waals surface area contributed by atoms with Crippen molar-refractivity contribution in [2.45, 2.75) is 75.3 Å². The smallest absolute Gasteiger partial charge is 0.249 e. The van der Waals surface area contributed by atoms with Crippen molar-refractivity contribution in [2.75, 3.05) is 19.8 Å². The SMILES string of the molecule is O=C(NC1(c2noc([C@@H]3CCOC3)n2)CCCCCC1)[C@@H]1CCCO1. The Balaban J connectivity index is 1.57. The Morgan fingerprint density at radius 2 is 1.92 bits per heavy atom. The maximum absolute atomic E-state index is 12.7. The Kier molecular flexibility index (Phi) is 5.03. The molecule has 138 valence electrons. The number of ether oxygens (including phenoxy) is 2. The summed E-state index contributed by atoms with van der Waals surface area (Å²) in [5.74, 6) is 1.41. The van der Waals surface area contributed by atoms with Gasteiger partial charge in [0, 0.05) is 13.2 Å². The van der Waals surface area contributed by atoms with Crippen molar-refractivity contribution in [3.05, 3.63) is 11.7 Å². The fourth-order valence-electron chi connectivity index (χ4n) is 4.16. The highest BCUT2D eigenvalue weighted by atomic mass is 16.5. The maximum atomic E-state index is 12.7. The second kappa shape index (κ2) is 7.41. The van der Waals surface area contributed by atoms with Gasteiger partial charge < -0.3 is 19.3 Å². The van der Waals surface area contributed by atoms with E-state index >= 15 is 0 Å². The van der Waals surface area contributed by atoms with Crippen molar-refractivity contribution in [1.29, 1.82) is 0 Å². The second-order valence-electron chi connectivity index (χ2n) is 7.50. The lowest BCUT2D eigenvalue weighted by molar-refractivity contribution is -0.132. The lowest BCUT2D eigenvalue weighted by Crippen LogP contribution is -2.50. The molecule has 25 heavy (non-hydrogen) atoms. The molecule has 1 aromatic heterocycles. The quantitative estimate of drug-likeness (QED) is 0.840. The van der Waals surface area contributed by atoms with Crippen LogP contribution in [-0.4, -0.2) is 42.0 Å². The van der Waals surface area contributed by atoms with Gasteiger partial charge in [0.2, 0.25) is 11.8 Å². The van der Waals surface area contributed by atoms with Gasteiger partial charge in [-0.25, -0.2) is 0 Å². The minimum Gasteiger partial charge on any atom is -0.381 e. The van der Waals surface area contributed by atoms with Gasteiger partial charge in [-0.2, -0.15) is 4.98 Å². The standard InChI is InChI=1S/C18H27N3O4/c22-15(14-6-5-10-24-14)20-18(8-3-1-2-4-9-18)17-19-16(25-21-17)13-7-11-23-12-13/h13-14H,1-12H2,(H,20,22)/t13-,14+/m1/s1. The minimum atomic E-state index is -0.527. The average molecular weight is 349 g/mol. The van der Waals surface area contributed by atoms with Crippen molar-refractivity contribution in [2.24, 2.45) is 0 Å². The van der Waals surface area contributed by atoms with Gasteiger partial charge in [0.05, 0.1) is 12.5 Å². The van der Waals surface area contributed by atoms with Gasteiger partial charge in [0.1, 0.15) is 11.6 Å². The molecule has 1 N–H and O–H groups in total. The third-order valence-electron chi connectivity index (χ3n) is 5.69. The number of rotatable bonds is 4. The molecule has 4 rings (SSSR count). The Bertz CT molecular complexity index is 583. The van der Waals surface area contributed by atoms with Crippen molar-refractivity contribution in [3.8, 4) is 0 Å². The van der Waals surface area contributed by atoms with Crippen molar-refractivity contribution >= 4 is 5.91 Å². The zero-order valence-electron chi connectivity index (χ0n) is 14.7. The van der Waals surface area contributed by atoms with Crippen LogP contribution in [0.2, 0.25) is 0 Å². The molecule has 3 aliphatic rings. The summed E-state index contributed by atoms with van der Waals surface area (Å²) in [6.45, 7) is 2.04. The predicted molar refractivity (Wildman–Crippen MR) is 89.0 cm³/mol. The van der Waals surface area contributed by atoms with E-state index in [4.69, 9.17) is 19.0 Å². The summed E-state index contributed by atoms with van der Waals surface area (Å²) in [5, 5.41) is 7.54. The topological polar surface area (TPSA) is 86.5 Å². The lowest BCUT2D eigenvalue weighted by atomic mass is 9.88. The van der Waals surface area contributed by atoms with E-state index in [9.17, 15) is 4.79 Å². The summed E-state index contributed by atoms with van der Waals surface area (Å²) in [4.78, 5) is 17.4. The molecule has 1 saturated carbocycles. The summed E-state index contributed by atoms with van der Waals surface area (Å²) in [5.41, 5.74) is -0.527. The number of amides is 1. The number of carbonyl (C=O) groups excluding carboxylic acids is 1. The summed E-state index contributed by atoms with van der Waals surface area (Å²) in [7, 11) is 0. The molecule has 0 unspecified atom stereocenters. The van der Waals surface area contributed by atoms with Gasteiger partial charge >= 0.3 is 0 Å². The van der Waals surface area contributed by atoms with Crippen LogP contribution in [0.3, 0.4) is 0 Å². The Labute approximate surface area is 147 Å². The molecule has 0 aromatic carbocycles. The highest BCUT2D eigenvalue weighted by molar-refractivity contribution is 5.81. The Morgan fingerprint density at radius 3 is 2.60 bits per heavy atom. The lowest BCUT2D eigenvalue weighted by Gasteiger charge is -2.31. The van der Waals surface area contributed by atoms with Crippen molar-refractivity contribution in [1.82, 2.24) is 15.5 Å². The molecule has 2 saturated heterocycles. The van der Waals surface area contributed by atoms with Crippen molar-refractivity contribution < 1.29 is 18.8 Å². The minimum absolute atomic E-state index is 0.0325. The molecular weight excluding hydrogens is 322 g/mol. The molecule has 1 amide bonds. The van der Waals surface area contributed by atoms with E-state index in [0.29, 0.717) is 24.9 Å². The van der Waals surface area contributed by atoms with E-state index in [0.717, 1.165) is 51.6 Å². The molecule has 3 heterocycles. The molecule has 2 aliphatic heterocycles. The maximum Gasteiger partial charge on any atom is 0.249 e. The third kappa shape index (κ3) is 3.58. The van der Waals surface area contributed by atoms with Crippen LogP contribution in [0.5, 0.6) is 0 Å². The molecule has 1 aromatic rings. The van der Waals surface area contributed by atoms with Gasteiger partial charge in [0.25, 0.3) is 0 Å². The number of nitrogens with one attached hydrogen (secondary N) is 1. The molecule has 0 radical (unpaired) electrons. The highest BCUT2D eigenvalue weighted by Gasteiger charge is 2.41. The monoisotopic (exact) mass is 349 g/mol. The number of hydrogen-bond donors (Lipinski definition) is 1. The van der Waals surface area contributed by atoms with Gasteiger partial charge in [-0.3, -0.25) is 4.79 Å². The molecule has 7 heteroatoms. The summed E-state index contributed by atoms with van der Waals surface area (Å²) in [6.07, 6.45) is 8.49. The first-order valence-electron chi connectivity index (χ1n) is 9.62. The first kappa shape index (κ1) is 17.0. The number of hydrogen-bond acceptors (Lipinski definition) is 6. The number of aromatic nitrogens is 2.